The summed E-state index contributed by atoms with van der Waals surface area (Å²) in [4.78, 5) is 24.1. The molecule has 0 radical (unpaired) electrons. The van der Waals surface area contributed by atoms with Crippen molar-refractivity contribution in [3.05, 3.63) is 97.5 Å². The number of aromatic nitrogens is 1. The molecule has 12 heteroatoms. The van der Waals surface area contributed by atoms with Crippen molar-refractivity contribution in [1.29, 1.82) is 0 Å². The predicted octanol–water partition coefficient (Wildman–Crippen LogP) is 8.12. The van der Waals surface area contributed by atoms with E-state index in [1.165, 1.54) is 6.07 Å². The number of oxime groups is 1. The second-order valence-electron chi connectivity index (χ2n) is 9.43. The summed E-state index contributed by atoms with van der Waals surface area (Å²) in [7, 11) is 0. The normalized spacial score (nSPS) is 17.3. The summed E-state index contributed by atoms with van der Waals surface area (Å²) in [6, 6.07) is 9.57. The third-order valence-corrected chi connectivity index (χ3v) is 7.23. The van der Waals surface area contributed by atoms with Crippen LogP contribution in [0.25, 0.3) is 0 Å². The van der Waals surface area contributed by atoms with Gasteiger partial charge in [0.15, 0.2) is 5.82 Å². The highest BCUT2D eigenvalue weighted by atomic mass is 35.5. The van der Waals surface area contributed by atoms with Gasteiger partial charge in [-0.05, 0) is 67.8 Å². The van der Waals surface area contributed by atoms with Crippen molar-refractivity contribution in [1.82, 2.24) is 9.88 Å². The van der Waals surface area contributed by atoms with Crippen molar-refractivity contribution in [3.63, 3.8) is 0 Å². The molecule has 0 spiro atoms. The first kappa shape index (κ1) is 29.1. The first-order valence-electron chi connectivity index (χ1n) is 11.7. The lowest BCUT2D eigenvalue weighted by Gasteiger charge is -2.30. The third kappa shape index (κ3) is 5.71. The summed E-state index contributed by atoms with van der Waals surface area (Å²) in [6.45, 7) is 5.73. The van der Waals surface area contributed by atoms with Gasteiger partial charge in [-0.1, -0.05) is 52.1 Å². The molecule has 1 aliphatic heterocycles. The molecule has 2 aromatic carbocycles. The van der Waals surface area contributed by atoms with Gasteiger partial charge in [0.2, 0.25) is 0 Å². The van der Waals surface area contributed by atoms with Crippen LogP contribution in [0.15, 0.2) is 53.8 Å². The van der Waals surface area contributed by atoms with Crippen LogP contribution in [0, 0.1) is 12.7 Å². The van der Waals surface area contributed by atoms with Gasteiger partial charge in [-0.3, -0.25) is 4.79 Å². The molecule has 1 aromatic heterocycles. The van der Waals surface area contributed by atoms with Crippen LogP contribution >= 0.6 is 34.8 Å². The van der Waals surface area contributed by atoms with Crippen molar-refractivity contribution in [2.24, 2.45) is 5.16 Å². The minimum Gasteiger partial charge on any atom is -0.374 e. The predicted molar refractivity (Wildman–Crippen MR) is 142 cm³/mol. The number of carbonyl (C=O) groups excluding carboxylic acids is 1. The first-order chi connectivity index (χ1) is 18.2. The van der Waals surface area contributed by atoms with Gasteiger partial charge in [0, 0.05) is 36.3 Å². The first-order valence-corrected chi connectivity index (χ1v) is 12.9. The van der Waals surface area contributed by atoms with Gasteiger partial charge in [-0.2, -0.15) is 13.2 Å². The highest BCUT2D eigenvalue weighted by Gasteiger charge is 2.62. The summed E-state index contributed by atoms with van der Waals surface area (Å²) in [6.07, 6.45) is -4.04. The van der Waals surface area contributed by atoms with Crippen molar-refractivity contribution >= 4 is 46.4 Å². The maximum absolute atomic E-state index is 14.3. The number of halogens is 7. The number of hydrogen-bond acceptors (Lipinski definition) is 4. The van der Waals surface area contributed by atoms with E-state index in [1.807, 2.05) is 13.8 Å². The minimum atomic E-state index is -4.93. The molecular weight excluding hydrogens is 581 g/mol. The van der Waals surface area contributed by atoms with Gasteiger partial charge in [0.1, 0.15) is 5.15 Å². The molecule has 206 valence electrons. The Morgan fingerprint density at radius 1 is 1.10 bits per heavy atom. The molecule has 0 saturated carbocycles. The molecule has 5 nitrogen and oxygen atoms in total. The largest absolute Gasteiger partial charge is 0.435 e. The molecule has 1 aliphatic rings. The zero-order chi connectivity index (χ0) is 28.7. The van der Waals surface area contributed by atoms with Gasteiger partial charge in [-0.15, -0.1) is 0 Å². The fourth-order valence-electron chi connectivity index (χ4n) is 4.27. The van der Waals surface area contributed by atoms with E-state index in [1.54, 1.807) is 42.3 Å². The van der Waals surface area contributed by atoms with E-state index < -0.39 is 39.6 Å². The molecular formula is C27H22Cl3F4N3O2. The molecule has 0 bridgehead atoms. The van der Waals surface area contributed by atoms with Gasteiger partial charge >= 0.3 is 6.18 Å². The van der Waals surface area contributed by atoms with E-state index in [-0.39, 0.29) is 17.7 Å². The van der Waals surface area contributed by atoms with Crippen LogP contribution in [0.5, 0.6) is 0 Å². The molecule has 4 rings (SSSR count). The van der Waals surface area contributed by atoms with Gasteiger partial charge in [0.25, 0.3) is 11.5 Å². The van der Waals surface area contributed by atoms with Crippen LogP contribution in [-0.4, -0.2) is 33.7 Å². The Labute approximate surface area is 237 Å². The van der Waals surface area contributed by atoms with Crippen LogP contribution in [-0.2, 0) is 17.0 Å². The zero-order valence-corrected chi connectivity index (χ0v) is 23.2. The molecule has 39 heavy (non-hydrogen) atoms. The summed E-state index contributed by atoms with van der Waals surface area (Å²) in [5.41, 5.74) is -1.33. The molecule has 0 fully saturated rings. The van der Waals surface area contributed by atoms with E-state index in [9.17, 15) is 22.4 Å². The van der Waals surface area contributed by atoms with Crippen molar-refractivity contribution < 1.29 is 27.2 Å². The van der Waals surface area contributed by atoms with E-state index in [0.29, 0.717) is 28.4 Å². The van der Waals surface area contributed by atoms with Crippen LogP contribution in [0.1, 0.15) is 52.9 Å². The number of benzene rings is 2. The molecule has 0 saturated heterocycles. The Balaban J connectivity index is 1.62. The lowest BCUT2D eigenvalue weighted by molar-refractivity contribution is -0.275. The van der Waals surface area contributed by atoms with E-state index in [4.69, 9.17) is 39.6 Å². The molecule has 0 N–H and O–H groups in total. The fourth-order valence-corrected chi connectivity index (χ4v) is 4.87. The molecule has 0 aliphatic carbocycles. The maximum Gasteiger partial charge on any atom is 0.435 e. The minimum absolute atomic E-state index is 0.000974. The van der Waals surface area contributed by atoms with E-state index >= 15 is 0 Å². The number of amides is 1. The monoisotopic (exact) mass is 601 g/mol. The average molecular weight is 603 g/mol. The summed E-state index contributed by atoms with van der Waals surface area (Å²) in [5, 5.41) is 2.93. The van der Waals surface area contributed by atoms with E-state index in [0.717, 1.165) is 17.7 Å². The smallest absolute Gasteiger partial charge is 0.374 e. The van der Waals surface area contributed by atoms with Crippen molar-refractivity contribution in [2.75, 3.05) is 0 Å². The quantitative estimate of drug-likeness (QED) is 0.163. The molecule has 1 amide bonds. The number of carbonyl (C=O) groups is 1. The highest BCUT2D eigenvalue weighted by molar-refractivity contribution is 6.35. The second kappa shape index (κ2) is 10.9. The Kier molecular flexibility index (Phi) is 8.17. The van der Waals surface area contributed by atoms with Crippen LogP contribution in [0.3, 0.4) is 0 Å². The van der Waals surface area contributed by atoms with Gasteiger partial charge < -0.3 is 9.74 Å². The second-order valence-corrected chi connectivity index (χ2v) is 10.6. The van der Waals surface area contributed by atoms with Crippen LogP contribution in [0.4, 0.5) is 17.6 Å². The Morgan fingerprint density at radius 2 is 1.77 bits per heavy atom. The molecule has 3 aromatic rings. The van der Waals surface area contributed by atoms with Crippen molar-refractivity contribution in [2.45, 2.75) is 51.6 Å². The number of rotatable bonds is 6. The number of alkyl halides is 3. The Bertz CT molecular complexity index is 1420. The fraction of sp³-hybridized carbons (Fsp3) is 0.296. The molecule has 1 unspecified atom stereocenters. The topological polar surface area (TPSA) is 54.8 Å². The van der Waals surface area contributed by atoms with Crippen molar-refractivity contribution in [3.8, 4) is 0 Å². The Hall–Kier alpha value is -2.88. The standard InChI is InChI=1S/C27H22Cl3F4N3O2/c1-14(2)37(13-16-4-7-23(30)35-12-16)25(38)19-6-5-17(8-15(19)3)22-11-26(39-36-22,27(32,33)34)18-9-20(28)24(31)21(29)10-18/h4-10,12,14H,11,13H2,1-3H3. The average Bonchev–Trinajstić information content (AvgIpc) is 3.33. The van der Waals surface area contributed by atoms with E-state index in [2.05, 4.69) is 10.1 Å². The number of nitrogens with zero attached hydrogens (tertiary/aromatic N) is 3. The summed E-state index contributed by atoms with van der Waals surface area (Å²) in [5.74, 6) is -1.29. The van der Waals surface area contributed by atoms with Crippen LogP contribution < -0.4 is 0 Å². The summed E-state index contributed by atoms with van der Waals surface area (Å²) < 4.78 is 56.9. The maximum atomic E-state index is 14.3. The lowest BCUT2D eigenvalue weighted by Crippen LogP contribution is -2.42. The number of hydrogen-bond donors (Lipinski definition) is 0. The third-order valence-electron chi connectivity index (χ3n) is 6.45. The van der Waals surface area contributed by atoms with Gasteiger partial charge in [-0.25, -0.2) is 9.37 Å². The molecule has 1 atom stereocenters. The SMILES string of the molecule is Cc1cc(C2=NOC(c3cc(Cl)c(F)c(Cl)c3)(C(F)(F)F)C2)ccc1C(=O)N(Cc1ccc(Cl)nc1)C(C)C. The lowest BCUT2D eigenvalue weighted by atomic mass is 9.86. The highest BCUT2D eigenvalue weighted by Crippen LogP contribution is 2.50. The number of pyridine rings is 1. The van der Waals surface area contributed by atoms with Gasteiger partial charge in [0.05, 0.1) is 15.8 Å². The zero-order valence-electron chi connectivity index (χ0n) is 20.9. The summed E-state index contributed by atoms with van der Waals surface area (Å²) >= 11 is 17.4. The van der Waals surface area contributed by atoms with Crippen LogP contribution in [0.2, 0.25) is 15.2 Å². The number of aryl methyl sites for hydroxylation is 1. The Morgan fingerprint density at radius 3 is 2.31 bits per heavy atom. The molecule has 2 heterocycles.